The molecule has 1 saturated heterocycles. The van der Waals surface area contributed by atoms with Crippen LogP contribution in [0.4, 0.5) is 0 Å². The Balaban J connectivity index is 0.00000259. The summed E-state index contributed by atoms with van der Waals surface area (Å²) in [7, 11) is 0. The normalized spacial score (nSPS) is 22.0. The van der Waals surface area contributed by atoms with Crippen LogP contribution >= 0.6 is 28.3 Å². The Morgan fingerprint density at radius 2 is 1.91 bits per heavy atom. The fourth-order valence-corrected chi connectivity index (χ4v) is 5.52. The number of hydrogen-bond acceptors (Lipinski definition) is 3. The van der Waals surface area contributed by atoms with Crippen LogP contribution in [0.1, 0.15) is 43.7 Å². The highest BCUT2D eigenvalue weighted by Gasteiger charge is 2.44. The molecule has 176 valence electrons. The molecule has 0 radical (unpaired) electrons. The number of halogens is 2. The number of aromatic nitrogens is 2. The van der Waals surface area contributed by atoms with Crippen molar-refractivity contribution in [2.45, 2.75) is 44.2 Å². The number of nitrogens with one attached hydrogen (secondary N) is 2. The van der Waals surface area contributed by atoms with Crippen LogP contribution in [-0.2, 0) is 4.79 Å². The van der Waals surface area contributed by atoms with Gasteiger partial charge in [0.05, 0.1) is 11.0 Å². The molecule has 1 aliphatic carbocycles. The molecule has 2 N–H and O–H groups in total. The second-order valence-corrected chi connectivity index (χ2v) is 10.2. The van der Waals surface area contributed by atoms with E-state index in [4.69, 9.17) is 0 Å². The summed E-state index contributed by atoms with van der Waals surface area (Å²) >= 11 is 3.47. The number of hydrogen-bond donors (Lipinski definition) is 2. The number of likely N-dealkylation sites (tertiary alicyclic amines) is 1. The maximum absolute atomic E-state index is 12.7. The monoisotopic (exact) mass is 532 g/mol. The number of benzene rings is 2. The van der Waals surface area contributed by atoms with Crippen molar-refractivity contribution in [2.75, 3.05) is 19.6 Å². The van der Waals surface area contributed by atoms with Crippen LogP contribution < -0.4 is 11.0 Å². The molecule has 5 rings (SSSR count). The molecule has 3 aromatic rings. The van der Waals surface area contributed by atoms with Gasteiger partial charge < -0.3 is 15.2 Å². The highest BCUT2D eigenvalue weighted by molar-refractivity contribution is 9.10. The highest BCUT2D eigenvalue weighted by atomic mass is 79.9. The number of carbonyl (C=O) groups excluding carboxylic acids is 1. The lowest BCUT2D eigenvalue weighted by atomic mass is 10.0. The van der Waals surface area contributed by atoms with Gasteiger partial charge in [0.2, 0.25) is 5.91 Å². The minimum Gasteiger partial charge on any atom is -0.352 e. The molecular weight excluding hydrogens is 504 g/mol. The molecule has 1 aliphatic heterocycles. The summed E-state index contributed by atoms with van der Waals surface area (Å²) in [6.45, 7) is 4.79. The number of rotatable bonds is 6. The van der Waals surface area contributed by atoms with Gasteiger partial charge in [-0.2, -0.15) is 0 Å². The van der Waals surface area contributed by atoms with E-state index in [1.165, 1.54) is 5.56 Å². The van der Waals surface area contributed by atoms with Gasteiger partial charge in [0.15, 0.2) is 0 Å². The number of piperidine rings is 1. The number of nitrogens with zero attached hydrogens (tertiary/aromatic N) is 2. The van der Waals surface area contributed by atoms with Gasteiger partial charge in [-0.1, -0.05) is 46.3 Å². The summed E-state index contributed by atoms with van der Waals surface area (Å²) in [5, 5.41) is 3.22. The molecule has 0 bridgehead atoms. The second-order valence-electron chi connectivity index (χ2n) is 9.26. The molecule has 3 atom stereocenters. The first-order chi connectivity index (χ1) is 15.5. The van der Waals surface area contributed by atoms with E-state index in [1.54, 1.807) is 0 Å². The molecule has 2 aromatic carbocycles. The van der Waals surface area contributed by atoms with Gasteiger partial charge >= 0.3 is 5.69 Å². The highest BCUT2D eigenvalue weighted by Crippen LogP contribution is 2.47. The summed E-state index contributed by atoms with van der Waals surface area (Å²) in [4.78, 5) is 30.6. The van der Waals surface area contributed by atoms with Gasteiger partial charge in [-0.05, 0) is 55.9 Å². The summed E-state index contributed by atoms with van der Waals surface area (Å²) in [5.74, 6) is 0.659. The van der Waals surface area contributed by atoms with Gasteiger partial charge in [0.25, 0.3) is 0 Å². The van der Waals surface area contributed by atoms with Crippen molar-refractivity contribution in [3.63, 3.8) is 0 Å². The summed E-state index contributed by atoms with van der Waals surface area (Å²) in [6, 6.07) is 16.6. The fourth-order valence-electron chi connectivity index (χ4n) is 5.16. The zero-order chi connectivity index (χ0) is 22.2. The minimum absolute atomic E-state index is 0. The molecule has 8 heteroatoms. The molecule has 0 spiro atoms. The van der Waals surface area contributed by atoms with Gasteiger partial charge in [0, 0.05) is 42.1 Å². The zero-order valence-corrected chi connectivity index (χ0v) is 21.1. The van der Waals surface area contributed by atoms with Gasteiger partial charge in [-0.3, -0.25) is 9.36 Å². The van der Waals surface area contributed by atoms with Crippen molar-refractivity contribution in [1.82, 2.24) is 19.8 Å². The number of imidazole rings is 1. The van der Waals surface area contributed by atoms with E-state index >= 15 is 0 Å². The van der Waals surface area contributed by atoms with Gasteiger partial charge in [0.1, 0.15) is 0 Å². The van der Waals surface area contributed by atoms with Crippen LogP contribution in [-0.4, -0.2) is 46.0 Å². The predicted molar refractivity (Wildman–Crippen MR) is 137 cm³/mol. The van der Waals surface area contributed by atoms with Crippen molar-refractivity contribution < 1.29 is 4.79 Å². The Hall–Kier alpha value is -2.09. The Bertz CT molecular complexity index is 1170. The van der Waals surface area contributed by atoms with Crippen LogP contribution in [0, 0.1) is 5.92 Å². The molecular formula is C25H30BrClN4O2. The molecule has 2 aliphatic rings. The molecule has 2 unspecified atom stereocenters. The number of carbonyl (C=O) groups is 1. The Morgan fingerprint density at radius 1 is 1.18 bits per heavy atom. The van der Waals surface area contributed by atoms with Gasteiger partial charge in [-0.25, -0.2) is 4.79 Å². The maximum atomic E-state index is 12.7. The van der Waals surface area contributed by atoms with E-state index in [1.807, 2.05) is 41.0 Å². The van der Waals surface area contributed by atoms with Crippen LogP contribution in [0.5, 0.6) is 0 Å². The van der Waals surface area contributed by atoms with Crippen molar-refractivity contribution in [2.24, 2.45) is 5.92 Å². The van der Waals surface area contributed by atoms with Crippen LogP contribution in [0.3, 0.4) is 0 Å². The van der Waals surface area contributed by atoms with E-state index in [0.29, 0.717) is 5.92 Å². The van der Waals surface area contributed by atoms with Crippen molar-refractivity contribution in [3.05, 3.63) is 69.1 Å². The van der Waals surface area contributed by atoms with Crippen molar-refractivity contribution >= 4 is 45.3 Å². The predicted octanol–water partition coefficient (Wildman–Crippen LogP) is 4.46. The molecule has 2 heterocycles. The summed E-state index contributed by atoms with van der Waals surface area (Å²) in [5.41, 5.74) is 3.07. The molecule has 1 saturated carbocycles. The Labute approximate surface area is 208 Å². The fraction of sp³-hybridized carbons (Fsp3) is 0.440. The Kier molecular flexibility index (Phi) is 7.31. The van der Waals surface area contributed by atoms with Crippen LogP contribution in [0.25, 0.3) is 11.0 Å². The summed E-state index contributed by atoms with van der Waals surface area (Å²) < 4.78 is 2.88. The summed E-state index contributed by atoms with van der Waals surface area (Å²) in [6.07, 6.45) is 2.81. The topological polar surface area (TPSA) is 70.1 Å². The third kappa shape index (κ3) is 5.20. The Morgan fingerprint density at radius 3 is 2.64 bits per heavy atom. The SMILES string of the molecule is C[C@@H](CN1CCC(n2c(=O)[nH]c3cc(Br)ccc32)CC1)NC(=O)C1CC1c1ccccc1.Cl. The number of fused-ring (bicyclic) bond motifs is 1. The third-order valence-electron chi connectivity index (χ3n) is 6.88. The average Bonchev–Trinajstić information content (AvgIpc) is 3.52. The van der Waals surface area contributed by atoms with Crippen molar-refractivity contribution in [1.29, 1.82) is 0 Å². The molecule has 33 heavy (non-hydrogen) atoms. The van der Waals surface area contributed by atoms with Crippen molar-refractivity contribution in [3.8, 4) is 0 Å². The average molecular weight is 534 g/mol. The number of H-pyrrole nitrogens is 1. The first-order valence-electron chi connectivity index (χ1n) is 11.5. The molecule has 2 fully saturated rings. The maximum Gasteiger partial charge on any atom is 0.326 e. The third-order valence-corrected chi connectivity index (χ3v) is 7.37. The second kappa shape index (κ2) is 10.0. The first-order valence-corrected chi connectivity index (χ1v) is 12.3. The first kappa shape index (κ1) is 24.0. The zero-order valence-electron chi connectivity index (χ0n) is 18.7. The van der Waals surface area contributed by atoms with E-state index < -0.39 is 0 Å². The lowest BCUT2D eigenvalue weighted by Gasteiger charge is -2.34. The lowest BCUT2D eigenvalue weighted by molar-refractivity contribution is -0.123. The smallest absolute Gasteiger partial charge is 0.326 e. The standard InChI is InChI=1S/C25H29BrN4O2.ClH/c1-16(27-24(31)21-14-20(21)17-5-3-2-4-6-17)15-29-11-9-19(10-12-29)30-23-8-7-18(26)13-22(23)28-25(30)32;/h2-8,13,16,19-21H,9-12,14-15H2,1H3,(H,27,31)(H,28,32);1H/t16-,20?,21?;/m0./s1. The number of aromatic amines is 1. The molecule has 1 amide bonds. The van der Waals surface area contributed by atoms with Gasteiger partial charge in [-0.15, -0.1) is 12.4 Å². The van der Waals surface area contributed by atoms with E-state index in [9.17, 15) is 9.59 Å². The van der Waals surface area contributed by atoms with E-state index in [0.717, 1.165) is 54.4 Å². The lowest BCUT2D eigenvalue weighted by Crippen LogP contribution is -2.45. The van der Waals surface area contributed by atoms with E-state index in [-0.39, 0.29) is 42.0 Å². The molecule has 6 nitrogen and oxygen atoms in total. The quantitative estimate of drug-likeness (QED) is 0.492. The number of amides is 1. The largest absolute Gasteiger partial charge is 0.352 e. The van der Waals surface area contributed by atoms with Crippen LogP contribution in [0.2, 0.25) is 0 Å². The van der Waals surface area contributed by atoms with Crippen LogP contribution in [0.15, 0.2) is 57.8 Å². The van der Waals surface area contributed by atoms with E-state index in [2.05, 4.69) is 50.2 Å². The molecule has 1 aromatic heterocycles. The minimum atomic E-state index is -0.0328.